The number of hydrogen-bond acceptors (Lipinski definition) is 4. The number of hydrogen-bond donors (Lipinski definition) is 2. The van der Waals surface area contributed by atoms with E-state index in [1.165, 1.54) is 5.69 Å². The Morgan fingerprint density at radius 3 is 2.43 bits per heavy atom. The fourth-order valence-corrected chi connectivity index (χ4v) is 1.70. The van der Waals surface area contributed by atoms with Gasteiger partial charge in [0.2, 0.25) is 0 Å². The van der Waals surface area contributed by atoms with E-state index in [4.69, 9.17) is 11.6 Å². The number of anilines is 2. The van der Waals surface area contributed by atoms with Gasteiger partial charge in [-0.2, -0.15) is 0 Å². The van der Waals surface area contributed by atoms with Crippen LogP contribution in [-0.2, 0) is 0 Å². The fraction of sp³-hybridized carbons (Fsp3) is 0.400. The van der Waals surface area contributed by atoms with Crippen LogP contribution in [0.25, 0.3) is 0 Å². The predicted molar refractivity (Wildman–Crippen MR) is 58.8 cm³/mol. The van der Waals surface area contributed by atoms with E-state index in [0.29, 0.717) is 0 Å². The molecule has 0 spiro atoms. The zero-order valence-electron chi connectivity index (χ0n) is 8.19. The standard InChI is InChI=1S/C10H16N4/c11-9-2-1-3-10(8-9)13-4-6-14(12)7-5-13/h1-3,8H,4-7,11-12H2. The van der Waals surface area contributed by atoms with Gasteiger partial charge in [0.1, 0.15) is 0 Å². The van der Waals surface area contributed by atoms with Gasteiger partial charge < -0.3 is 10.6 Å². The molecule has 14 heavy (non-hydrogen) atoms. The molecule has 2 rings (SSSR count). The maximum Gasteiger partial charge on any atom is 0.0387 e. The van der Waals surface area contributed by atoms with Gasteiger partial charge in [-0.25, -0.2) is 5.01 Å². The van der Waals surface area contributed by atoms with E-state index in [2.05, 4.69) is 11.0 Å². The molecular weight excluding hydrogens is 176 g/mol. The summed E-state index contributed by atoms with van der Waals surface area (Å²) in [5.74, 6) is 5.69. The first-order valence-corrected chi connectivity index (χ1v) is 4.86. The van der Waals surface area contributed by atoms with E-state index < -0.39 is 0 Å². The lowest BCUT2D eigenvalue weighted by Crippen LogP contribution is -2.49. The number of nitrogens with zero attached hydrogens (tertiary/aromatic N) is 2. The topological polar surface area (TPSA) is 58.5 Å². The van der Waals surface area contributed by atoms with Crippen molar-refractivity contribution < 1.29 is 0 Å². The SMILES string of the molecule is Nc1cccc(N2CCN(N)CC2)c1. The summed E-state index contributed by atoms with van der Waals surface area (Å²) in [4.78, 5) is 2.31. The first-order chi connectivity index (χ1) is 6.75. The lowest BCUT2D eigenvalue weighted by atomic mass is 10.2. The predicted octanol–water partition coefficient (Wildman–Crippen LogP) is 0.265. The Kier molecular flexibility index (Phi) is 2.56. The molecule has 1 fully saturated rings. The van der Waals surface area contributed by atoms with Gasteiger partial charge in [0, 0.05) is 37.6 Å². The van der Waals surface area contributed by atoms with Crippen LogP contribution in [0, 0.1) is 0 Å². The largest absolute Gasteiger partial charge is 0.399 e. The highest BCUT2D eigenvalue weighted by atomic mass is 15.4. The summed E-state index contributed by atoms with van der Waals surface area (Å²) >= 11 is 0. The van der Waals surface area contributed by atoms with Gasteiger partial charge in [0.15, 0.2) is 0 Å². The molecule has 1 aromatic carbocycles. The minimum atomic E-state index is 0.817. The van der Waals surface area contributed by atoms with E-state index in [1.54, 1.807) is 0 Å². The van der Waals surface area contributed by atoms with Crippen molar-refractivity contribution in [3.63, 3.8) is 0 Å². The Morgan fingerprint density at radius 2 is 1.79 bits per heavy atom. The van der Waals surface area contributed by atoms with Gasteiger partial charge in [0.05, 0.1) is 0 Å². The van der Waals surface area contributed by atoms with Crippen LogP contribution < -0.4 is 16.5 Å². The minimum absolute atomic E-state index is 0.817. The van der Waals surface area contributed by atoms with E-state index >= 15 is 0 Å². The maximum atomic E-state index is 5.73. The van der Waals surface area contributed by atoms with Gasteiger partial charge >= 0.3 is 0 Å². The number of benzene rings is 1. The molecule has 0 unspecified atom stereocenters. The van der Waals surface area contributed by atoms with E-state index in [0.717, 1.165) is 31.9 Å². The van der Waals surface area contributed by atoms with Crippen molar-refractivity contribution in [2.45, 2.75) is 0 Å². The second-order valence-corrected chi connectivity index (χ2v) is 3.62. The molecule has 0 aromatic heterocycles. The van der Waals surface area contributed by atoms with Crippen LogP contribution in [0.3, 0.4) is 0 Å². The molecular formula is C10H16N4. The molecule has 0 amide bonds. The van der Waals surface area contributed by atoms with Gasteiger partial charge in [-0.3, -0.25) is 5.84 Å². The van der Waals surface area contributed by atoms with E-state index in [9.17, 15) is 0 Å². The van der Waals surface area contributed by atoms with Crippen molar-refractivity contribution in [3.05, 3.63) is 24.3 Å². The quantitative estimate of drug-likeness (QED) is 0.495. The average Bonchev–Trinajstić information content (AvgIpc) is 2.19. The second kappa shape index (κ2) is 3.86. The van der Waals surface area contributed by atoms with Crippen LogP contribution in [0.4, 0.5) is 11.4 Å². The molecule has 0 aliphatic carbocycles. The van der Waals surface area contributed by atoms with E-state index in [-0.39, 0.29) is 0 Å². The zero-order chi connectivity index (χ0) is 9.97. The molecule has 4 nitrogen and oxygen atoms in total. The maximum absolute atomic E-state index is 5.73. The van der Waals surface area contributed by atoms with Crippen LogP contribution in [0.1, 0.15) is 0 Å². The van der Waals surface area contributed by atoms with Gasteiger partial charge in [-0.1, -0.05) is 6.07 Å². The van der Waals surface area contributed by atoms with Gasteiger partial charge in [0.25, 0.3) is 0 Å². The zero-order valence-corrected chi connectivity index (χ0v) is 8.19. The molecule has 0 bridgehead atoms. The number of nitrogen functional groups attached to an aromatic ring is 1. The van der Waals surface area contributed by atoms with Gasteiger partial charge in [-0.15, -0.1) is 0 Å². The van der Waals surface area contributed by atoms with Crippen LogP contribution in [0.5, 0.6) is 0 Å². The van der Waals surface area contributed by atoms with Crippen molar-refractivity contribution >= 4 is 11.4 Å². The number of piperazine rings is 1. The second-order valence-electron chi connectivity index (χ2n) is 3.62. The van der Waals surface area contributed by atoms with Crippen LogP contribution >= 0.6 is 0 Å². The first-order valence-electron chi connectivity index (χ1n) is 4.86. The Balaban J connectivity index is 2.08. The monoisotopic (exact) mass is 192 g/mol. The highest BCUT2D eigenvalue weighted by Gasteiger charge is 2.14. The van der Waals surface area contributed by atoms with Crippen molar-refractivity contribution in [3.8, 4) is 0 Å². The molecule has 76 valence electrons. The van der Waals surface area contributed by atoms with Crippen molar-refractivity contribution in [1.82, 2.24) is 5.01 Å². The smallest absolute Gasteiger partial charge is 0.0387 e. The summed E-state index contributed by atoms with van der Waals surface area (Å²) in [6, 6.07) is 7.98. The summed E-state index contributed by atoms with van der Waals surface area (Å²) in [7, 11) is 0. The third-order valence-electron chi connectivity index (χ3n) is 2.55. The summed E-state index contributed by atoms with van der Waals surface area (Å²) in [5, 5.41) is 1.85. The van der Waals surface area contributed by atoms with Crippen molar-refractivity contribution in [2.75, 3.05) is 36.8 Å². The molecule has 1 aromatic rings. The summed E-state index contributed by atoms with van der Waals surface area (Å²) in [6.07, 6.45) is 0. The highest BCUT2D eigenvalue weighted by molar-refractivity contribution is 5.56. The summed E-state index contributed by atoms with van der Waals surface area (Å²) in [6.45, 7) is 3.77. The Labute approximate surface area is 84.1 Å². The lowest BCUT2D eigenvalue weighted by molar-refractivity contribution is 0.266. The van der Waals surface area contributed by atoms with Crippen LogP contribution in [-0.4, -0.2) is 31.2 Å². The normalized spacial score (nSPS) is 18.5. The number of nitrogens with two attached hydrogens (primary N) is 2. The number of hydrazine groups is 1. The van der Waals surface area contributed by atoms with Gasteiger partial charge in [-0.05, 0) is 18.2 Å². The van der Waals surface area contributed by atoms with Crippen molar-refractivity contribution in [1.29, 1.82) is 0 Å². The highest BCUT2D eigenvalue weighted by Crippen LogP contribution is 2.18. The molecule has 4 N–H and O–H groups in total. The van der Waals surface area contributed by atoms with E-state index in [1.807, 2.05) is 23.2 Å². The molecule has 1 aliphatic rings. The first kappa shape index (κ1) is 9.30. The Morgan fingerprint density at radius 1 is 1.07 bits per heavy atom. The molecule has 1 heterocycles. The lowest BCUT2D eigenvalue weighted by Gasteiger charge is -2.33. The molecule has 0 atom stereocenters. The molecule has 0 radical (unpaired) electrons. The average molecular weight is 192 g/mol. The fourth-order valence-electron chi connectivity index (χ4n) is 1.70. The Bertz CT molecular complexity index is 305. The van der Waals surface area contributed by atoms with Crippen LogP contribution in [0.2, 0.25) is 0 Å². The molecule has 1 aliphatic heterocycles. The summed E-state index contributed by atoms with van der Waals surface area (Å²) in [5.41, 5.74) is 7.74. The molecule has 1 saturated heterocycles. The summed E-state index contributed by atoms with van der Waals surface area (Å²) < 4.78 is 0. The minimum Gasteiger partial charge on any atom is -0.399 e. The molecule has 4 heteroatoms. The molecule has 0 saturated carbocycles. The number of rotatable bonds is 1. The van der Waals surface area contributed by atoms with Crippen LogP contribution in [0.15, 0.2) is 24.3 Å². The Hall–Kier alpha value is -1.26. The third kappa shape index (κ3) is 1.97. The third-order valence-corrected chi connectivity index (χ3v) is 2.55. The van der Waals surface area contributed by atoms with Crippen molar-refractivity contribution in [2.24, 2.45) is 5.84 Å².